The number of anilines is 1. The van der Waals surface area contributed by atoms with Gasteiger partial charge in [-0.25, -0.2) is 0 Å². The van der Waals surface area contributed by atoms with E-state index in [-0.39, 0.29) is 5.57 Å². The van der Waals surface area contributed by atoms with Crippen molar-refractivity contribution in [1.29, 1.82) is 5.26 Å². The number of hydrogen-bond acceptors (Lipinski definition) is 4. The van der Waals surface area contributed by atoms with Crippen molar-refractivity contribution in [2.45, 2.75) is 26.2 Å². The highest BCUT2D eigenvalue weighted by atomic mass is 16.1. The zero-order valence-electron chi connectivity index (χ0n) is 12.5. The fourth-order valence-corrected chi connectivity index (χ4v) is 1.91. The van der Waals surface area contributed by atoms with Crippen LogP contribution in [0.5, 0.6) is 0 Å². The summed E-state index contributed by atoms with van der Waals surface area (Å²) < 4.78 is 0. The van der Waals surface area contributed by atoms with Crippen LogP contribution in [-0.4, -0.2) is 21.3 Å². The second-order valence-corrected chi connectivity index (χ2v) is 4.95. The minimum Gasteiger partial charge on any atom is -0.321 e. The molecule has 6 heteroatoms. The van der Waals surface area contributed by atoms with Crippen LogP contribution in [0.2, 0.25) is 0 Å². The zero-order valence-corrected chi connectivity index (χ0v) is 12.5. The molecule has 0 fully saturated rings. The van der Waals surface area contributed by atoms with Crippen LogP contribution in [0.15, 0.2) is 36.0 Å². The summed E-state index contributed by atoms with van der Waals surface area (Å²) in [6.45, 7) is 4.29. The minimum atomic E-state index is -0.471. The van der Waals surface area contributed by atoms with Crippen molar-refractivity contribution in [3.8, 4) is 6.07 Å². The molecule has 0 spiro atoms. The lowest BCUT2D eigenvalue weighted by atomic mass is 9.98. The molecule has 112 valence electrons. The van der Waals surface area contributed by atoms with Gasteiger partial charge in [-0.15, -0.1) is 0 Å². The Morgan fingerprint density at radius 2 is 2.18 bits per heavy atom. The molecule has 1 atom stereocenters. The number of nitrogens with one attached hydrogen (secondary N) is 2. The Labute approximate surface area is 128 Å². The van der Waals surface area contributed by atoms with Crippen molar-refractivity contribution < 1.29 is 4.79 Å². The fourth-order valence-electron chi connectivity index (χ4n) is 1.91. The van der Waals surface area contributed by atoms with E-state index in [0.717, 1.165) is 6.42 Å². The average Bonchev–Trinajstić information content (AvgIpc) is 3.05. The Balaban J connectivity index is 2.09. The molecule has 0 bridgehead atoms. The van der Waals surface area contributed by atoms with E-state index in [4.69, 9.17) is 5.26 Å². The fraction of sp³-hybridized carbons (Fsp3) is 0.250. The van der Waals surface area contributed by atoms with Crippen molar-refractivity contribution >= 4 is 17.7 Å². The summed E-state index contributed by atoms with van der Waals surface area (Å²) >= 11 is 0. The smallest absolute Gasteiger partial charge is 0.266 e. The second kappa shape index (κ2) is 7.18. The highest BCUT2D eigenvalue weighted by Crippen LogP contribution is 2.20. The van der Waals surface area contributed by atoms with Crippen LogP contribution in [0.3, 0.4) is 0 Å². The van der Waals surface area contributed by atoms with Crippen LogP contribution in [0.25, 0.3) is 6.08 Å². The maximum atomic E-state index is 12.1. The molecule has 1 amide bonds. The van der Waals surface area contributed by atoms with E-state index in [2.05, 4.69) is 34.6 Å². The largest absolute Gasteiger partial charge is 0.321 e. The van der Waals surface area contributed by atoms with Crippen molar-refractivity contribution in [2.24, 2.45) is 0 Å². The number of carbonyl (C=O) groups excluding carboxylic acids is 1. The molecule has 0 saturated carbocycles. The van der Waals surface area contributed by atoms with Crippen LogP contribution in [0, 0.1) is 11.3 Å². The Morgan fingerprint density at radius 3 is 2.73 bits per heavy atom. The standard InChI is InChI=1S/C16H17N5O/c1-3-11(2)12-4-6-14(7-5-12)19-16(22)13(9-17)8-15-10-18-21-20-15/h4-8,10-11H,3H2,1-2H3,(H,19,22)(H,18,20,21)/b13-8-. The molecule has 1 aromatic carbocycles. The molecule has 0 aliphatic rings. The van der Waals surface area contributed by atoms with Gasteiger partial charge in [0, 0.05) is 5.69 Å². The summed E-state index contributed by atoms with van der Waals surface area (Å²) in [5, 5.41) is 21.6. The van der Waals surface area contributed by atoms with E-state index in [1.54, 1.807) is 0 Å². The number of hydrogen-bond donors (Lipinski definition) is 2. The molecule has 6 nitrogen and oxygen atoms in total. The molecular weight excluding hydrogens is 278 g/mol. The van der Waals surface area contributed by atoms with Crippen LogP contribution in [-0.2, 0) is 4.79 Å². The van der Waals surface area contributed by atoms with Crippen LogP contribution in [0.4, 0.5) is 5.69 Å². The number of carbonyl (C=O) groups is 1. The molecule has 22 heavy (non-hydrogen) atoms. The monoisotopic (exact) mass is 295 g/mol. The van der Waals surface area contributed by atoms with Gasteiger partial charge in [-0.1, -0.05) is 26.0 Å². The summed E-state index contributed by atoms with van der Waals surface area (Å²) in [5.41, 5.74) is 2.27. The van der Waals surface area contributed by atoms with E-state index < -0.39 is 5.91 Å². The van der Waals surface area contributed by atoms with Crippen LogP contribution in [0.1, 0.15) is 37.4 Å². The zero-order chi connectivity index (χ0) is 15.9. The number of H-pyrrole nitrogens is 1. The van der Waals surface area contributed by atoms with E-state index in [1.165, 1.54) is 17.8 Å². The average molecular weight is 295 g/mol. The summed E-state index contributed by atoms with van der Waals surface area (Å²) in [4.78, 5) is 12.1. The topological polar surface area (TPSA) is 94.5 Å². The summed E-state index contributed by atoms with van der Waals surface area (Å²) in [6.07, 6.45) is 3.88. The number of nitrogens with zero attached hydrogens (tertiary/aromatic N) is 3. The quantitative estimate of drug-likeness (QED) is 0.655. The minimum absolute atomic E-state index is 0.0279. The van der Waals surface area contributed by atoms with Gasteiger partial charge in [0.05, 0.1) is 6.20 Å². The lowest BCUT2D eigenvalue weighted by Crippen LogP contribution is -2.13. The summed E-state index contributed by atoms with van der Waals surface area (Å²) in [7, 11) is 0. The first kappa shape index (κ1) is 15.4. The molecule has 0 aliphatic heterocycles. The van der Waals surface area contributed by atoms with Gasteiger partial charge in [-0.3, -0.25) is 4.79 Å². The first-order valence-corrected chi connectivity index (χ1v) is 7.03. The van der Waals surface area contributed by atoms with Crippen LogP contribution >= 0.6 is 0 Å². The van der Waals surface area contributed by atoms with Crippen molar-refractivity contribution in [2.75, 3.05) is 5.32 Å². The van der Waals surface area contributed by atoms with Gasteiger partial charge in [0.1, 0.15) is 17.3 Å². The van der Waals surface area contributed by atoms with Gasteiger partial charge >= 0.3 is 0 Å². The first-order chi connectivity index (χ1) is 10.6. The lowest BCUT2D eigenvalue weighted by Gasteiger charge is -2.10. The molecular formula is C16H17N5O. The number of nitriles is 1. The highest BCUT2D eigenvalue weighted by Gasteiger charge is 2.10. The third-order valence-corrected chi connectivity index (χ3v) is 3.44. The van der Waals surface area contributed by atoms with Crippen molar-refractivity contribution in [3.63, 3.8) is 0 Å². The lowest BCUT2D eigenvalue weighted by molar-refractivity contribution is -0.112. The molecule has 2 N–H and O–H groups in total. The molecule has 2 rings (SSSR count). The predicted molar refractivity (Wildman–Crippen MR) is 83.8 cm³/mol. The highest BCUT2D eigenvalue weighted by molar-refractivity contribution is 6.09. The van der Waals surface area contributed by atoms with E-state index in [1.807, 2.05) is 30.3 Å². The second-order valence-electron chi connectivity index (χ2n) is 4.95. The Kier molecular flexibility index (Phi) is 5.04. The number of benzene rings is 1. The first-order valence-electron chi connectivity index (χ1n) is 7.03. The van der Waals surface area contributed by atoms with Gasteiger partial charge in [-0.05, 0) is 36.1 Å². The molecule has 1 heterocycles. The number of amides is 1. The van der Waals surface area contributed by atoms with E-state index in [9.17, 15) is 4.79 Å². The van der Waals surface area contributed by atoms with Gasteiger partial charge < -0.3 is 5.32 Å². The third kappa shape index (κ3) is 3.79. The third-order valence-electron chi connectivity index (χ3n) is 3.44. The molecule has 1 aromatic heterocycles. The van der Waals surface area contributed by atoms with Gasteiger partial charge in [-0.2, -0.15) is 20.7 Å². The van der Waals surface area contributed by atoms with Crippen molar-refractivity contribution in [3.05, 3.63) is 47.3 Å². The normalized spacial score (nSPS) is 12.5. The Hall–Kier alpha value is -2.94. The maximum Gasteiger partial charge on any atom is 0.266 e. The summed E-state index contributed by atoms with van der Waals surface area (Å²) in [6, 6.07) is 9.51. The Morgan fingerprint density at radius 1 is 1.45 bits per heavy atom. The van der Waals surface area contributed by atoms with Gasteiger partial charge in [0.25, 0.3) is 5.91 Å². The molecule has 1 unspecified atom stereocenters. The number of rotatable bonds is 5. The van der Waals surface area contributed by atoms with Crippen LogP contribution < -0.4 is 5.32 Å². The SMILES string of the molecule is CCC(C)c1ccc(NC(=O)/C(C#N)=C\c2cn[nH]n2)cc1. The van der Waals surface area contributed by atoms with Gasteiger partial charge in [0.15, 0.2) is 0 Å². The van der Waals surface area contributed by atoms with Gasteiger partial charge in [0.2, 0.25) is 0 Å². The van der Waals surface area contributed by atoms with Crippen molar-refractivity contribution in [1.82, 2.24) is 15.4 Å². The molecule has 2 aromatic rings. The predicted octanol–water partition coefficient (Wildman–Crippen LogP) is 2.86. The van der Waals surface area contributed by atoms with E-state index >= 15 is 0 Å². The number of aromatic amines is 1. The molecule has 0 radical (unpaired) electrons. The summed E-state index contributed by atoms with van der Waals surface area (Å²) in [5.74, 6) is 0.00766. The number of aromatic nitrogens is 3. The maximum absolute atomic E-state index is 12.1. The molecule has 0 aliphatic carbocycles. The van der Waals surface area contributed by atoms with E-state index in [0.29, 0.717) is 17.3 Å². The Bertz CT molecular complexity index is 695. The molecule has 0 saturated heterocycles.